The Morgan fingerprint density at radius 3 is 3.31 bits per heavy atom. The predicted octanol–water partition coefficient (Wildman–Crippen LogP) is 0.556. The van der Waals surface area contributed by atoms with Gasteiger partial charge in [0.1, 0.15) is 18.2 Å². The van der Waals surface area contributed by atoms with Crippen molar-refractivity contribution in [3.05, 3.63) is 31.5 Å². The lowest BCUT2D eigenvalue weighted by atomic mass is 10.6. The molecule has 1 N–H and O–H groups in total. The zero-order valence-electron chi connectivity index (χ0n) is 7.01. The highest BCUT2D eigenvalue weighted by Gasteiger charge is 2.00. The number of nitrogens with zero attached hydrogens (tertiary/aromatic N) is 4. The molecular weight excluding hydrogens is 166 g/mol. The molecule has 2 aromatic rings. The molecule has 0 spiro atoms. The van der Waals surface area contributed by atoms with Crippen LogP contribution in [-0.2, 0) is 0 Å². The number of hydrogen-bond donors (Lipinski definition) is 1. The van der Waals surface area contributed by atoms with E-state index in [0.717, 1.165) is 11.2 Å². The van der Waals surface area contributed by atoms with Gasteiger partial charge in [-0.05, 0) is 0 Å². The van der Waals surface area contributed by atoms with Gasteiger partial charge in [-0.2, -0.15) is 0 Å². The summed E-state index contributed by atoms with van der Waals surface area (Å²) in [6, 6.07) is 0. The van der Waals surface area contributed by atoms with E-state index in [2.05, 4.69) is 27.0 Å². The molecule has 66 valence electrons. The Morgan fingerprint density at radius 1 is 1.54 bits per heavy atom. The summed E-state index contributed by atoms with van der Waals surface area (Å²) in [5.74, 6) is 0. The Hall–Kier alpha value is -1.91. The molecule has 0 amide bonds. The average molecular weight is 175 g/mol. The molecule has 2 heterocycles. The van der Waals surface area contributed by atoms with Crippen molar-refractivity contribution < 1.29 is 0 Å². The van der Waals surface area contributed by atoms with Gasteiger partial charge in [-0.3, -0.25) is 0 Å². The van der Waals surface area contributed by atoms with Gasteiger partial charge >= 0.3 is 0 Å². The van der Waals surface area contributed by atoms with E-state index in [1.165, 1.54) is 6.33 Å². The molecule has 0 saturated heterocycles. The van der Waals surface area contributed by atoms with Crippen LogP contribution in [0.4, 0.5) is 0 Å². The fourth-order valence-electron chi connectivity index (χ4n) is 1.05. The molecule has 0 saturated carbocycles. The van der Waals surface area contributed by atoms with Crippen LogP contribution in [0, 0.1) is 0 Å². The van der Waals surface area contributed by atoms with Gasteiger partial charge in [-0.15, -0.1) is 6.58 Å². The van der Waals surface area contributed by atoms with Crippen molar-refractivity contribution in [2.24, 2.45) is 0 Å². The van der Waals surface area contributed by atoms with Crippen molar-refractivity contribution in [1.29, 1.82) is 0 Å². The Labute approximate surface area is 75.1 Å². The van der Waals surface area contributed by atoms with Crippen LogP contribution in [0.5, 0.6) is 0 Å². The third kappa shape index (κ3) is 1.35. The lowest BCUT2D eigenvalue weighted by Gasteiger charge is -2.02. The number of nitrogens with one attached hydrogen (secondary N) is 1. The standard InChI is InChI=1S/C8H9N5/c1-2-3-12-13-6-11-7-4-9-5-10-8(7)13/h2,4-6,12H,1,3H2. The van der Waals surface area contributed by atoms with Gasteiger partial charge in [-0.25, -0.2) is 19.6 Å². The van der Waals surface area contributed by atoms with Crippen LogP contribution in [0.1, 0.15) is 0 Å². The zero-order valence-corrected chi connectivity index (χ0v) is 7.01. The summed E-state index contributed by atoms with van der Waals surface area (Å²) in [4.78, 5) is 12.1. The van der Waals surface area contributed by atoms with E-state index in [-0.39, 0.29) is 0 Å². The number of imidazole rings is 1. The minimum Gasteiger partial charge on any atom is -0.319 e. The SMILES string of the molecule is C=CCNn1cnc2cncnc21. The molecule has 2 aromatic heterocycles. The molecule has 0 fully saturated rings. The molecule has 0 aliphatic heterocycles. The van der Waals surface area contributed by atoms with Gasteiger partial charge in [0.05, 0.1) is 6.20 Å². The highest BCUT2D eigenvalue weighted by Crippen LogP contribution is 2.04. The summed E-state index contributed by atoms with van der Waals surface area (Å²) < 4.78 is 1.75. The van der Waals surface area contributed by atoms with Crippen molar-refractivity contribution in [1.82, 2.24) is 19.6 Å². The van der Waals surface area contributed by atoms with Crippen LogP contribution in [-0.4, -0.2) is 26.2 Å². The van der Waals surface area contributed by atoms with Crippen molar-refractivity contribution in [2.45, 2.75) is 0 Å². The van der Waals surface area contributed by atoms with Gasteiger partial charge < -0.3 is 5.43 Å². The second-order valence-corrected chi connectivity index (χ2v) is 2.50. The van der Waals surface area contributed by atoms with Crippen LogP contribution in [0.25, 0.3) is 11.2 Å². The van der Waals surface area contributed by atoms with E-state index in [1.54, 1.807) is 23.3 Å². The maximum atomic E-state index is 4.11. The second kappa shape index (κ2) is 3.22. The van der Waals surface area contributed by atoms with Crippen LogP contribution in [0.2, 0.25) is 0 Å². The van der Waals surface area contributed by atoms with Crippen molar-refractivity contribution in [3.8, 4) is 0 Å². The fraction of sp³-hybridized carbons (Fsp3) is 0.125. The van der Waals surface area contributed by atoms with Crippen molar-refractivity contribution in [2.75, 3.05) is 12.0 Å². The highest BCUT2D eigenvalue weighted by molar-refractivity contribution is 5.69. The van der Waals surface area contributed by atoms with Crippen LogP contribution < -0.4 is 5.43 Å². The first kappa shape index (κ1) is 7.72. The predicted molar refractivity (Wildman–Crippen MR) is 49.7 cm³/mol. The molecule has 0 bridgehead atoms. The van der Waals surface area contributed by atoms with E-state index in [4.69, 9.17) is 0 Å². The minimum atomic E-state index is 0.676. The monoisotopic (exact) mass is 175 g/mol. The molecule has 5 nitrogen and oxygen atoms in total. The molecular formula is C8H9N5. The van der Waals surface area contributed by atoms with Gasteiger partial charge in [0.15, 0.2) is 5.65 Å². The molecule has 0 unspecified atom stereocenters. The lowest BCUT2D eigenvalue weighted by Crippen LogP contribution is -2.13. The Kier molecular flexibility index (Phi) is 1.91. The molecule has 13 heavy (non-hydrogen) atoms. The smallest absolute Gasteiger partial charge is 0.181 e. The molecule has 0 aliphatic rings. The quantitative estimate of drug-likeness (QED) is 0.692. The normalized spacial score (nSPS) is 10.2. The molecule has 5 heteroatoms. The Bertz CT molecular complexity index is 419. The first-order valence-electron chi connectivity index (χ1n) is 3.89. The Morgan fingerprint density at radius 2 is 2.46 bits per heavy atom. The molecule has 2 rings (SSSR count). The number of rotatable bonds is 3. The fourth-order valence-corrected chi connectivity index (χ4v) is 1.05. The van der Waals surface area contributed by atoms with Gasteiger partial charge in [0.25, 0.3) is 0 Å². The summed E-state index contributed by atoms with van der Waals surface area (Å²) in [7, 11) is 0. The van der Waals surface area contributed by atoms with Gasteiger partial charge in [0, 0.05) is 6.54 Å². The summed E-state index contributed by atoms with van der Waals surface area (Å²) in [6.07, 6.45) is 6.61. The molecule has 0 aromatic carbocycles. The third-order valence-electron chi connectivity index (χ3n) is 1.62. The van der Waals surface area contributed by atoms with Crippen LogP contribution in [0.3, 0.4) is 0 Å². The van der Waals surface area contributed by atoms with Crippen molar-refractivity contribution >= 4 is 11.2 Å². The van der Waals surface area contributed by atoms with E-state index < -0.39 is 0 Å². The van der Waals surface area contributed by atoms with E-state index in [1.807, 2.05) is 0 Å². The van der Waals surface area contributed by atoms with E-state index >= 15 is 0 Å². The summed E-state index contributed by atoms with van der Waals surface area (Å²) in [5, 5.41) is 0. The summed E-state index contributed by atoms with van der Waals surface area (Å²) in [5.41, 5.74) is 4.61. The molecule has 0 radical (unpaired) electrons. The van der Waals surface area contributed by atoms with Crippen LogP contribution >= 0.6 is 0 Å². The van der Waals surface area contributed by atoms with Crippen LogP contribution in [0.15, 0.2) is 31.5 Å². The maximum Gasteiger partial charge on any atom is 0.181 e. The molecule has 0 aliphatic carbocycles. The van der Waals surface area contributed by atoms with Gasteiger partial charge in [0.2, 0.25) is 0 Å². The van der Waals surface area contributed by atoms with E-state index in [9.17, 15) is 0 Å². The minimum absolute atomic E-state index is 0.676. The largest absolute Gasteiger partial charge is 0.319 e. The first-order valence-corrected chi connectivity index (χ1v) is 3.89. The van der Waals surface area contributed by atoms with E-state index in [0.29, 0.717) is 6.54 Å². The summed E-state index contributed by atoms with van der Waals surface area (Å²) in [6.45, 7) is 4.29. The maximum absolute atomic E-state index is 4.11. The first-order chi connectivity index (χ1) is 6.42. The highest BCUT2D eigenvalue weighted by atomic mass is 15.4. The number of aromatic nitrogens is 4. The summed E-state index contributed by atoms with van der Waals surface area (Å²) >= 11 is 0. The average Bonchev–Trinajstić information content (AvgIpc) is 2.58. The molecule has 0 atom stereocenters. The Balaban J connectivity index is 2.40. The van der Waals surface area contributed by atoms with Crippen molar-refractivity contribution in [3.63, 3.8) is 0 Å². The second-order valence-electron chi connectivity index (χ2n) is 2.50. The topological polar surface area (TPSA) is 55.6 Å². The lowest BCUT2D eigenvalue weighted by molar-refractivity contribution is 0.901. The third-order valence-corrected chi connectivity index (χ3v) is 1.62. The number of hydrogen-bond acceptors (Lipinski definition) is 4. The van der Waals surface area contributed by atoms with Gasteiger partial charge in [-0.1, -0.05) is 6.08 Å². The zero-order chi connectivity index (χ0) is 9.10. The number of fused-ring (bicyclic) bond motifs is 1.